The summed E-state index contributed by atoms with van der Waals surface area (Å²) in [5.41, 5.74) is -0.492. The van der Waals surface area contributed by atoms with Crippen LogP contribution in [0.3, 0.4) is 0 Å². The standard InChI is InChI=1S/C28H57O8P/c1-5-8-9-10-11-12-13-14-15-16-18-28(27(4)36-37(29,34-6-2)35-7-3)25-32-23-21-30-19-17-20-31-22-24-33-26-28/h27H,5-26H2,1-4H3. The molecule has 0 bridgehead atoms. The topological polar surface area (TPSA) is 81.7 Å². The Morgan fingerprint density at radius 1 is 0.676 bits per heavy atom. The SMILES string of the molecule is CCCCCCCCCCCCC1(C(C)OP(=O)(OCC)OCC)COCCOCCCOCCOC1. The van der Waals surface area contributed by atoms with E-state index >= 15 is 0 Å². The zero-order chi connectivity index (χ0) is 27.1. The first-order valence-corrected chi connectivity index (χ1v) is 16.4. The predicted octanol–water partition coefficient (Wildman–Crippen LogP) is 7.34. The Morgan fingerprint density at radius 2 is 1.14 bits per heavy atom. The summed E-state index contributed by atoms with van der Waals surface area (Å²) in [6.45, 7) is 12.4. The molecule has 0 saturated carbocycles. The molecule has 1 fully saturated rings. The number of hydrogen-bond acceptors (Lipinski definition) is 8. The molecule has 1 aliphatic rings. The molecule has 0 aromatic rings. The first-order chi connectivity index (χ1) is 18.0. The number of hydrogen-bond donors (Lipinski definition) is 0. The summed E-state index contributed by atoms with van der Waals surface area (Å²) in [6, 6.07) is 0. The van der Waals surface area contributed by atoms with Gasteiger partial charge in [-0.2, -0.15) is 0 Å². The fourth-order valence-electron chi connectivity index (χ4n) is 4.56. The monoisotopic (exact) mass is 552 g/mol. The lowest BCUT2D eigenvalue weighted by atomic mass is 9.79. The van der Waals surface area contributed by atoms with Crippen LogP contribution in [0.25, 0.3) is 0 Å². The van der Waals surface area contributed by atoms with Crippen LogP contribution < -0.4 is 0 Å². The van der Waals surface area contributed by atoms with Gasteiger partial charge in [-0.1, -0.05) is 71.1 Å². The second kappa shape index (κ2) is 22.7. The van der Waals surface area contributed by atoms with Crippen molar-refractivity contribution >= 4 is 7.82 Å². The van der Waals surface area contributed by atoms with E-state index in [9.17, 15) is 4.57 Å². The smallest absolute Gasteiger partial charge is 0.379 e. The molecule has 1 unspecified atom stereocenters. The molecule has 8 nitrogen and oxygen atoms in total. The van der Waals surface area contributed by atoms with E-state index in [0.29, 0.717) is 52.9 Å². The molecule has 37 heavy (non-hydrogen) atoms. The molecule has 1 saturated heterocycles. The fourth-order valence-corrected chi connectivity index (χ4v) is 6.00. The third-order valence-electron chi connectivity index (χ3n) is 6.85. The second-order valence-electron chi connectivity index (χ2n) is 10.0. The van der Waals surface area contributed by atoms with E-state index < -0.39 is 19.3 Å². The highest BCUT2D eigenvalue weighted by molar-refractivity contribution is 7.48. The highest BCUT2D eigenvalue weighted by Gasteiger charge is 2.42. The van der Waals surface area contributed by atoms with Crippen molar-refractivity contribution in [3.63, 3.8) is 0 Å². The molecule has 1 atom stereocenters. The van der Waals surface area contributed by atoms with Crippen molar-refractivity contribution in [2.24, 2.45) is 5.41 Å². The number of ether oxygens (including phenoxy) is 4. The summed E-state index contributed by atoms with van der Waals surface area (Å²) in [5, 5.41) is 0. The molecule has 1 heterocycles. The molecule has 1 rings (SSSR count). The van der Waals surface area contributed by atoms with Gasteiger partial charge in [-0.15, -0.1) is 0 Å². The Morgan fingerprint density at radius 3 is 1.62 bits per heavy atom. The molecule has 1 aliphatic heterocycles. The van der Waals surface area contributed by atoms with Gasteiger partial charge in [0.2, 0.25) is 0 Å². The molecular formula is C28H57O8P. The minimum absolute atomic E-state index is 0.247. The van der Waals surface area contributed by atoms with Crippen LogP contribution in [0.4, 0.5) is 0 Å². The Balaban J connectivity index is 2.79. The Hall–Kier alpha value is -0.0500. The second-order valence-corrected chi connectivity index (χ2v) is 11.6. The largest absolute Gasteiger partial charge is 0.475 e. The van der Waals surface area contributed by atoms with Crippen molar-refractivity contribution < 1.29 is 37.1 Å². The first-order valence-electron chi connectivity index (χ1n) is 14.9. The van der Waals surface area contributed by atoms with Crippen molar-refractivity contribution in [2.75, 3.05) is 66.1 Å². The maximum atomic E-state index is 13.2. The molecule has 0 aliphatic carbocycles. The number of rotatable bonds is 18. The van der Waals surface area contributed by atoms with Gasteiger partial charge in [0.05, 0.1) is 59.0 Å². The van der Waals surface area contributed by atoms with Crippen molar-refractivity contribution in [3.8, 4) is 0 Å². The predicted molar refractivity (Wildman–Crippen MR) is 148 cm³/mol. The average molecular weight is 553 g/mol. The van der Waals surface area contributed by atoms with Gasteiger partial charge in [-0.05, 0) is 33.6 Å². The number of unbranched alkanes of at least 4 members (excludes halogenated alkanes) is 9. The minimum atomic E-state index is -3.68. The average Bonchev–Trinajstić information content (AvgIpc) is 2.87. The summed E-state index contributed by atoms with van der Waals surface area (Å²) in [4.78, 5) is 0. The summed E-state index contributed by atoms with van der Waals surface area (Å²) in [7, 11) is -3.68. The van der Waals surface area contributed by atoms with Gasteiger partial charge in [-0.25, -0.2) is 4.57 Å². The molecular weight excluding hydrogens is 495 g/mol. The quantitative estimate of drug-likeness (QED) is 0.129. The van der Waals surface area contributed by atoms with Gasteiger partial charge in [0.15, 0.2) is 0 Å². The van der Waals surface area contributed by atoms with E-state index in [1.165, 1.54) is 51.4 Å². The molecule has 0 amide bonds. The van der Waals surface area contributed by atoms with Gasteiger partial charge < -0.3 is 18.9 Å². The van der Waals surface area contributed by atoms with Crippen LogP contribution >= 0.6 is 7.82 Å². The van der Waals surface area contributed by atoms with Crippen LogP contribution in [-0.4, -0.2) is 72.2 Å². The number of phosphoric acid groups is 1. The van der Waals surface area contributed by atoms with Crippen LogP contribution in [0.5, 0.6) is 0 Å². The molecule has 0 aromatic carbocycles. The third-order valence-corrected chi connectivity index (χ3v) is 8.58. The fraction of sp³-hybridized carbons (Fsp3) is 1.00. The summed E-state index contributed by atoms with van der Waals surface area (Å²) in [5.74, 6) is 0. The highest BCUT2D eigenvalue weighted by atomic mass is 31.2. The molecule has 9 heteroatoms. The Kier molecular flexibility index (Phi) is 21.5. The van der Waals surface area contributed by atoms with Crippen LogP contribution in [0, 0.1) is 5.41 Å². The van der Waals surface area contributed by atoms with E-state index in [1.54, 1.807) is 13.8 Å². The van der Waals surface area contributed by atoms with E-state index in [2.05, 4.69) is 6.92 Å². The van der Waals surface area contributed by atoms with Gasteiger partial charge >= 0.3 is 7.82 Å². The molecule has 0 radical (unpaired) electrons. The van der Waals surface area contributed by atoms with Crippen LogP contribution in [-0.2, 0) is 37.1 Å². The van der Waals surface area contributed by atoms with Crippen molar-refractivity contribution in [3.05, 3.63) is 0 Å². The zero-order valence-electron chi connectivity index (χ0n) is 24.3. The summed E-state index contributed by atoms with van der Waals surface area (Å²) in [6.07, 6.45) is 13.9. The zero-order valence-corrected chi connectivity index (χ0v) is 25.2. The molecule has 0 N–H and O–H groups in total. The third kappa shape index (κ3) is 16.6. The highest BCUT2D eigenvalue weighted by Crippen LogP contribution is 2.53. The maximum Gasteiger partial charge on any atom is 0.475 e. The maximum absolute atomic E-state index is 13.2. The van der Waals surface area contributed by atoms with Crippen LogP contribution in [0.15, 0.2) is 0 Å². The van der Waals surface area contributed by atoms with Crippen LogP contribution in [0.1, 0.15) is 105 Å². The van der Waals surface area contributed by atoms with Crippen LogP contribution in [0.2, 0.25) is 0 Å². The molecule has 0 aromatic heterocycles. The summed E-state index contributed by atoms with van der Waals surface area (Å²) < 4.78 is 53.7. The van der Waals surface area contributed by atoms with Crippen molar-refractivity contribution in [2.45, 2.75) is 111 Å². The van der Waals surface area contributed by atoms with E-state index in [-0.39, 0.29) is 13.2 Å². The van der Waals surface area contributed by atoms with Crippen molar-refractivity contribution in [1.82, 2.24) is 0 Å². The lowest BCUT2D eigenvalue weighted by Gasteiger charge is -2.39. The van der Waals surface area contributed by atoms with Gasteiger partial charge in [0, 0.05) is 18.6 Å². The molecule has 222 valence electrons. The van der Waals surface area contributed by atoms with Gasteiger partial charge in [0.1, 0.15) is 0 Å². The Bertz CT molecular complexity index is 538. The normalized spacial score (nSPS) is 19.4. The lowest BCUT2D eigenvalue weighted by Crippen LogP contribution is -2.44. The van der Waals surface area contributed by atoms with E-state index in [0.717, 1.165) is 25.7 Å². The lowest BCUT2D eigenvalue weighted by molar-refractivity contribution is -0.104. The summed E-state index contributed by atoms with van der Waals surface area (Å²) >= 11 is 0. The van der Waals surface area contributed by atoms with Gasteiger partial charge in [0.25, 0.3) is 0 Å². The van der Waals surface area contributed by atoms with E-state index in [4.69, 9.17) is 32.5 Å². The van der Waals surface area contributed by atoms with E-state index in [1.807, 2.05) is 6.92 Å². The molecule has 0 spiro atoms. The number of phosphoric ester groups is 1. The van der Waals surface area contributed by atoms with Crippen molar-refractivity contribution in [1.29, 1.82) is 0 Å². The first kappa shape index (κ1) is 35.0. The van der Waals surface area contributed by atoms with Gasteiger partial charge in [-0.3, -0.25) is 13.6 Å². The Labute approximate surface area is 227 Å². The minimum Gasteiger partial charge on any atom is -0.379 e.